The Labute approximate surface area is 235 Å². The van der Waals surface area contributed by atoms with Gasteiger partial charge in [-0.25, -0.2) is 4.98 Å². The summed E-state index contributed by atoms with van der Waals surface area (Å²) < 4.78 is 45.1. The number of nitrogens with zero attached hydrogens (tertiary/aromatic N) is 5. The molecule has 0 amide bonds. The van der Waals surface area contributed by atoms with Crippen molar-refractivity contribution in [2.75, 3.05) is 43.0 Å². The van der Waals surface area contributed by atoms with Gasteiger partial charge in [-0.05, 0) is 75.7 Å². The molecule has 1 saturated heterocycles. The molecule has 0 spiro atoms. The zero-order chi connectivity index (χ0) is 28.3. The number of likely N-dealkylation sites (tertiary alicyclic amines) is 1. The fourth-order valence-electron chi connectivity index (χ4n) is 5.07. The van der Waals surface area contributed by atoms with Gasteiger partial charge in [0.2, 0.25) is 0 Å². The second-order valence-corrected chi connectivity index (χ2v) is 10.4. The first kappa shape index (κ1) is 28.1. The number of aromatic nitrogens is 3. The van der Waals surface area contributed by atoms with E-state index >= 15 is 0 Å². The highest BCUT2D eigenvalue weighted by Crippen LogP contribution is 2.34. The van der Waals surface area contributed by atoms with E-state index in [2.05, 4.69) is 25.2 Å². The van der Waals surface area contributed by atoms with Crippen LogP contribution in [0, 0.1) is 5.92 Å². The highest BCUT2D eigenvalue weighted by molar-refractivity contribution is 6.32. The summed E-state index contributed by atoms with van der Waals surface area (Å²) in [6.45, 7) is 5.38. The predicted octanol–water partition coefficient (Wildman–Crippen LogP) is 5.53. The largest absolute Gasteiger partial charge is 0.462 e. The van der Waals surface area contributed by atoms with Gasteiger partial charge < -0.3 is 15.0 Å². The number of alkyl halides is 3. The molecule has 0 aliphatic carbocycles. The fourth-order valence-corrected chi connectivity index (χ4v) is 5.32. The van der Waals surface area contributed by atoms with Gasteiger partial charge in [0.25, 0.3) is 0 Å². The lowest BCUT2D eigenvalue weighted by molar-refractivity contribution is -0.137. The summed E-state index contributed by atoms with van der Waals surface area (Å²) in [7, 11) is 0. The zero-order valence-corrected chi connectivity index (χ0v) is 22.8. The third kappa shape index (κ3) is 6.64. The molecule has 1 fully saturated rings. The van der Waals surface area contributed by atoms with Crippen LogP contribution in [-0.2, 0) is 23.9 Å². The van der Waals surface area contributed by atoms with Gasteiger partial charge >= 0.3 is 12.2 Å². The number of hydrogen-bond donors (Lipinski definition) is 1. The van der Waals surface area contributed by atoms with Crippen LogP contribution in [0.25, 0.3) is 0 Å². The van der Waals surface area contributed by atoms with Crippen LogP contribution >= 0.6 is 11.6 Å². The number of carbonyl (C=O) groups excluding carboxylic acids is 1. The number of ether oxygens (including phenoxy) is 1. The summed E-state index contributed by atoms with van der Waals surface area (Å²) in [5, 5.41) is 3.71. The average molecular weight is 575 g/mol. The van der Waals surface area contributed by atoms with Gasteiger partial charge in [-0.1, -0.05) is 11.6 Å². The van der Waals surface area contributed by atoms with E-state index < -0.39 is 11.7 Å². The Kier molecular flexibility index (Phi) is 8.41. The van der Waals surface area contributed by atoms with Crippen LogP contribution in [0.5, 0.6) is 6.01 Å². The van der Waals surface area contributed by atoms with Gasteiger partial charge in [0.05, 0.1) is 22.8 Å². The van der Waals surface area contributed by atoms with Crippen molar-refractivity contribution in [3.05, 3.63) is 64.4 Å². The number of benzene rings is 1. The molecule has 8 nitrogen and oxygen atoms in total. The summed E-state index contributed by atoms with van der Waals surface area (Å²) in [5.41, 5.74) is 1.35. The van der Waals surface area contributed by atoms with Gasteiger partial charge in [0, 0.05) is 36.5 Å². The number of fused-ring (bicyclic) bond motifs is 1. The molecule has 212 valence electrons. The van der Waals surface area contributed by atoms with Crippen molar-refractivity contribution in [2.24, 2.45) is 5.92 Å². The Bertz CT molecular complexity index is 1350. The lowest BCUT2D eigenvalue weighted by Crippen LogP contribution is -2.38. The van der Waals surface area contributed by atoms with Crippen LogP contribution < -0.4 is 15.0 Å². The first-order valence-electron chi connectivity index (χ1n) is 13.2. The van der Waals surface area contributed by atoms with Crippen LogP contribution in [0.4, 0.5) is 30.5 Å². The van der Waals surface area contributed by atoms with E-state index in [0.29, 0.717) is 55.0 Å². The summed E-state index contributed by atoms with van der Waals surface area (Å²) in [6.07, 6.45) is -0.459. The molecule has 2 aliphatic rings. The maximum Gasteiger partial charge on any atom is 0.416 e. The number of anilines is 3. The van der Waals surface area contributed by atoms with E-state index in [4.69, 9.17) is 16.3 Å². The zero-order valence-electron chi connectivity index (χ0n) is 22.0. The van der Waals surface area contributed by atoms with E-state index in [1.165, 1.54) is 12.1 Å². The number of rotatable bonds is 8. The highest BCUT2D eigenvalue weighted by Gasteiger charge is 2.30. The third-order valence-electron chi connectivity index (χ3n) is 7.36. The van der Waals surface area contributed by atoms with Crippen molar-refractivity contribution < 1.29 is 22.7 Å². The first-order valence-corrected chi connectivity index (χ1v) is 13.6. The minimum Gasteiger partial charge on any atom is -0.462 e. The Balaban J connectivity index is 1.34. The quantitative estimate of drug-likeness (QED) is 0.376. The van der Waals surface area contributed by atoms with E-state index in [0.717, 1.165) is 49.3 Å². The van der Waals surface area contributed by atoms with Gasteiger partial charge in [-0.15, -0.1) is 0 Å². The van der Waals surface area contributed by atoms with Crippen LogP contribution in [0.15, 0.2) is 42.6 Å². The van der Waals surface area contributed by atoms with Crippen molar-refractivity contribution in [1.82, 2.24) is 19.9 Å². The average Bonchev–Trinajstić information content (AvgIpc) is 2.93. The van der Waals surface area contributed by atoms with Gasteiger partial charge in [0.15, 0.2) is 0 Å². The highest BCUT2D eigenvalue weighted by atomic mass is 35.5. The lowest BCUT2D eigenvalue weighted by atomic mass is 9.93. The number of nitrogens with one attached hydrogen (secondary N) is 1. The molecule has 1 aromatic carbocycles. The second kappa shape index (κ2) is 12.0. The first-order chi connectivity index (χ1) is 19.2. The Morgan fingerprint density at radius 1 is 1.12 bits per heavy atom. The second-order valence-electron chi connectivity index (χ2n) is 10.0. The molecule has 3 aromatic rings. The number of ketones is 1. The summed E-state index contributed by atoms with van der Waals surface area (Å²) in [4.78, 5) is 29.6. The fraction of sp³-hybridized carbons (Fsp3) is 0.429. The molecule has 4 heterocycles. The molecule has 12 heteroatoms. The predicted molar refractivity (Wildman–Crippen MR) is 146 cm³/mol. The minimum atomic E-state index is -4.41. The summed E-state index contributed by atoms with van der Waals surface area (Å²) in [5.74, 6) is 1.53. The van der Waals surface area contributed by atoms with Crippen molar-refractivity contribution in [1.29, 1.82) is 0 Å². The number of piperidine rings is 1. The van der Waals surface area contributed by atoms with Crippen molar-refractivity contribution in [2.45, 2.75) is 38.9 Å². The van der Waals surface area contributed by atoms with E-state index in [1.54, 1.807) is 25.3 Å². The number of halogens is 4. The number of Topliss-reactive ketones (excluding diaryl/α,β-unsaturated/α-hetero) is 1. The molecule has 0 radical (unpaired) electrons. The third-order valence-corrected chi connectivity index (χ3v) is 7.65. The van der Waals surface area contributed by atoms with Crippen molar-refractivity contribution in [3.63, 3.8) is 0 Å². The van der Waals surface area contributed by atoms with E-state index in [9.17, 15) is 18.0 Å². The smallest absolute Gasteiger partial charge is 0.416 e. The topological polar surface area (TPSA) is 83.5 Å². The van der Waals surface area contributed by atoms with Crippen molar-refractivity contribution in [3.8, 4) is 6.01 Å². The maximum atomic E-state index is 13.0. The number of hydrogen-bond acceptors (Lipinski definition) is 8. The molecule has 1 N–H and O–H groups in total. The van der Waals surface area contributed by atoms with E-state index in [-0.39, 0.29) is 17.7 Å². The number of carbonyl (C=O) groups is 1. The molecule has 0 atom stereocenters. The summed E-state index contributed by atoms with van der Waals surface area (Å²) >= 11 is 6.39. The van der Waals surface area contributed by atoms with Crippen LogP contribution in [0.2, 0.25) is 5.02 Å². The molecular weight excluding hydrogens is 545 g/mol. The SMILES string of the molecule is CC(=O)C1CCN(CCOc2nc3c(c(Nc4ccc(C(F)(F)F)cc4)n2)CCN(c2ncccc2Cl)C3)CC1. The molecule has 0 unspecified atom stereocenters. The minimum absolute atomic E-state index is 0.135. The van der Waals surface area contributed by atoms with Gasteiger partial charge in [-0.3, -0.25) is 9.69 Å². The van der Waals surface area contributed by atoms with Crippen molar-refractivity contribution >= 4 is 34.7 Å². The molecule has 2 aromatic heterocycles. The van der Waals surface area contributed by atoms with Crippen LogP contribution in [-0.4, -0.2) is 58.4 Å². The molecule has 0 bridgehead atoms. The Morgan fingerprint density at radius 2 is 1.88 bits per heavy atom. The monoisotopic (exact) mass is 574 g/mol. The Hall–Kier alpha value is -3.44. The van der Waals surface area contributed by atoms with E-state index in [1.807, 2.05) is 4.90 Å². The van der Waals surface area contributed by atoms with Gasteiger partial charge in [0.1, 0.15) is 24.0 Å². The van der Waals surface area contributed by atoms with Crippen LogP contribution in [0.3, 0.4) is 0 Å². The molecule has 5 rings (SSSR count). The standard InChI is InChI=1S/C28H30ClF3N6O2/c1-18(39)19-8-12-37(13-9-19)15-16-40-27-35-24-17-38(26-23(29)3-2-11-33-26)14-10-22(24)25(36-27)34-21-6-4-20(5-7-21)28(30,31)32/h2-7,11,19H,8-10,12-17H2,1H3,(H,34,35,36). The molecule has 2 aliphatic heterocycles. The number of pyridine rings is 1. The Morgan fingerprint density at radius 3 is 2.55 bits per heavy atom. The lowest BCUT2D eigenvalue weighted by Gasteiger charge is -2.31. The van der Waals surface area contributed by atoms with Crippen LogP contribution in [0.1, 0.15) is 36.6 Å². The molecule has 0 saturated carbocycles. The summed E-state index contributed by atoms with van der Waals surface area (Å²) in [6, 6.07) is 8.57. The normalized spacial score (nSPS) is 16.5. The maximum absolute atomic E-state index is 13.0. The molecule has 40 heavy (non-hydrogen) atoms. The molecular formula is C28H30ClF3N6O2. The van der Waals surface area contributed by atoms with Gasteiger partial charge in [-0.2, -0.15) is 23.1 Å².